The molecule has 7 heteroatoms. The first-order valence-corrected chi connectivity index (χ1v) is 11.5. The van der Waals surface area contributed by atoms with Crippen molar-refractivity contribution >= 4 is 11.9 Å². The van der Waals surface area contributed by atoms with E-state index in [4.69, 9.17) is 10.7 Å². The number of carbonyl (C=O) groups excluding carboxylic acids is 1. The summed E-state index contributed by atoms with van der Waals surface area (Å²) in [7, 11) is 0. The van der Waals surface area contributed by atoms with Gasteiger partial charge in [-0.05, 0) is 79.0 Å². The number of carbonyl (C=O) groups is 1. The first kappa shape index (κ1) is 21.6. The second-order valence-electron chi connectivity index (χ2n) is 10.2. The molecular formula is C26H29N5O2. The lowest BCUT2D eigenvalue weighted by Gasteiger charge is -2.49. The fourth-order valence-corrected chi connectivity index (χ4v) is 6.61. The van der Waals surface area contributed by atoms with Crippen LogP contribution >= 0.6 is 0 Å². The zero-order valence-electron chi connectivity index (χ0n) is 19.2. The summed E-state index contributed by atoms with van der Waals surface area (Å²) in [6, 6.07) is 11.6. The van der Waals surface area contributed by atoms with E-state index < -0.39 is 17.1 Å². The van der Waals surface area contributed by atoms with Gasteiger partial charge in [0.2, 0.25) is 0 Å². The van der Waals surface area contributed by atoms with E-state index in [1.807, 2.05) is 45.0 Å². The van der Waals surface area contributed by atoms with Gasteiger partial charge in [-0.15, -0.1) is 0 Å². The molecule has 3 aliphatic rings. The molecule has 5 atom stereocenters. The minimum Gasteiger partial charge on any atom is -0.393 e. The Hall–Kier alpha value is -3.24. The minimum atomic E-state index is -1.18. The lowest BCUT2D eigenvalue weighted by molar-refractivity contribution is -0.141. The van der Waals surface area contributed by atoms with Crippen molar-refractivity contribution in [2.24, 2.45) is 28.0 Å². The van der Waals surface area contributed by atoms with E-state index in [1.165, 1.54) is 0 Å². The summed E-state index contributed by atoms with van der Waals surface area (Å²) in [5.41, 5.74) is 8.92. The van der Waals surface area contributed by atoms with Gasteiger partial charge in [-0.3, -0.25) is 14.7 Å². The highest BCUT2D eigenvalue weighted by Gasteiger charge is 2.68. The third kappa shape index (κ3) is 3.01. The van der Waals surface area contributed by atoms with Crippen molar-refractivity contribution in [3.8, 4) is 6.07 Å². The first-order chi connectivity index (χ1) is 15.7. The number of nitrogens with zero attached hydrogens (tertiary/aromatic N) is 4. The monoisotopic (exact) mass is 443 g/mol. The van der Waals surface area contributed by atoms with Crippen LogP contribution in [-0.4, -0.2) is 33.0 Å². The lowest BCUT2D eigenvalue weighted by atomic mass is 9.56. The molecule has 3 N–H and O–H groups in total. The molecule has 1 aromatic carbocycles. The van der Waals surface area contributed by atoms with Gasteiger partial charge in [0.25, 0.3) is 5.91 Å². The van der Waals surface area contributed by atoms with Gasteiger partial charge in [-0.1, -0.05) is 19.9 Å². The highest BCUT2D eigenvalue weighted by molar-refractivity contribution is 6.08. The molecule has 1 aromatic heterocycles. The second-order valence-corrected chi connectivity index (χ2v) is 10.2. The summed E-state index contributed by atoms with van der Waals surface area (Å²) >= 11 is 0. The number of fused-ring (bicyclic) bond motifs is 3. The van der Waals surface area contributed by atoms with Gasteiger partial charge in [-0.2, -0.15) is 5.26 Å². The van der Waals surface area contributed by atoms with Crippen LogP contribution in [0.25, 0.3) is 0 Å². The molecule has 2 unspecified atom stereocenters. The maximum Gasteiger partial charge on any atom is 0.262 e. The largest absolute Gasteiger partial charge is 0.393 e. The third-order valence-corrected chi connectivity index (χ3v) is 7.93. The Labute approximate surface area is 194 Å². The zero-order chi connectivity index (χ0) is 23.5. The van der Waals surface area contributed by atoms with Gasteiger partial charge in [0.05, 0.1) is 24.3 Å². The van der Waals surface area contributed by atoms with E-state index in [9.17, 15) is 15.2 Å². The van der Waals surface area contributed by atoms with Gasteiger partial charge in [0.1, 0.15) is 0 Å². The number of aromatic nitrogens is 1. The molecule has 2 aromatic rings. The number of aliphatic hydroxyl groups is 1. The van der Waals surface area contributed by atoms with E-state index in [0.717, 1.165) is 22.4 Å². The normalized spacial score (nSPS) is 32.8. The average Bonchev–Trinajstić information content (AvgIpc) is 3.18. The summed E-state index contributed by atoms with van der Waals surface area (Å²) in [6.07, 6.45) is 3.32. The number of hydrogen-bond donors (Lipinski definition) is 2. The Bertz CT molecular complexity index is 1200. The van der Waals surface area contributed by atoms with Crippen LogP contribution in [0.2, 0.25) is 0 Å². The molecule has 2 spiro atoms. The number of pyridine rings is 1. The molecule has 0 radical (unpaired) electrons. The van der Waals surface area contributed by atoms with E-state index >= 15 is 0 Å². The fourth-order valence-electron chi connectivity index (χ4n) is 6.61. The Morgan fingerprint density at radius 3 is 2.64 bits per heavy atom. The SMILES string of the molecule is Cc1cc(CN2C(=O)[C@]3(N=C2N)c2cc(C#N)ccc2CC32C[C@@H](C)C(O)[C@@H](C)C2)ccn1. The van der Waals surface area contributed by atoms with Crippen LogP contribution in [0.5, 0.6) is 0 Å². The van der Waals surface area contributed by atoms with Crippen molar-refractivity contribution in [2.75, 3.05) is 0 Å². The van der Waals surface area contributed by atoms with Crippen molar-refractivity contribution in [3.05, 3.63) is 64.5 Å². The molecular weight excluding hydrogens is 414 g/mol. The third-order valence-electron chi connectivity index (χ3n) is 7.93. The van der Waals surface area contributed by atoms with Crippen LogP contribution in [0, 0.1) is 35.5 Å². The Kier molecular flexibility index (Phi) is 4.84. The zero-order valence-corrected chi connectivity index (χ0v) is 19.2. The molecule has 0 bridgehead atoms. The quantitative estimate of drug-likeness (QED) is 0.740. The van der Waals surface area contributed by atoms with Crippen molar-refractivity contribution in [2.45, 2.75) is 58.2 Å². The van der Waals surface area contributed by atoms with E-state index in [2.05, 4.69) is 11.1 Å². The number of nitrogens with two attached hydrogens (primary N) is 1. The highest BCUT2D eigenvalue weighted by Crippen LogP contribution is 2.63. The second kappa shape index (κ2) is 7.39. The van der Waals surface area contributed by atoms with Crippen LogP contribution in [0.15, 0.2) is 41.5 Å². The molecule has 170 valence electrons. The van der Waals surface area contributed by atoms with Gasteiger partial charge in [-0.25, -0.2) is 4.99 Å². The maximum atomic E-state index is 14.3. The standard InChI is InChI=1S/C26H29N5O2/c1-15-10-25(11-16(2)22(15)32)12-20-5-4-18(13-27)9-21(20)26(25)23(33)31(24(28)30-26)14-19-6-7-29-17(3)8-19/h4-9,15-16,22,32H,10-12,14H2,1-3H3,(H2,28,30)/t15-,16+,22?,25?,26-/m1/s1. The number of aliphatic imine (C=N–C) groups is 1. The number of aryl methyl sites for hydroxylation is 1. The highest BCUT2D eigenvalue weighted by atomic mass is 16.3. The lowest BCUT2D eigenvalue weighted by Crippen LogP contribution is -2.55. The Morgan fingerprint density at radius 2 is 1.97 bits per heavy atom. The molecule has 0 saturated heterocycles. The van der Waals surface area contributed by atoms with Gasteiger partial charge < -0.3 is 10.8 Å². The molecule has 2 heterocycles. The van der Waals surface area contributed by atoms with Crippen LogP contribution in [0.3, 0.4) is 0 Å². The average molecular weight is 444 g/mol. The Balaban J connectivity index is 1.66. The molecule has 33 heavy (non-hydrogen) atoms. The van der Waals surface area contributed by atoms with Crippen molar-refractivity contribution in [1.29, 1.82) is 5.26 Å². The smallest absolute Gasteiger partial charge is 0.262 e. The number of benzene rings is 1. The number of aliphatic hydroxyl groups excluding tert-OH is 1. The molecule has 1 fully saturated rings. The molecule has 1 aliphatic heterocycles. The van der Waals surface area contributed by atoms with Crippen molar-refractivity contribution in [1.82, 2.24) is 9.88 Å². The summed E-state index contributed by atoms with van der Waals surface area (Å²) in [4.78, 5) is 25.1. The van der Waals surface area contributed by atoms with Crippen LogP contribution < -0.4 is 5.73 Å². The molecule has 2 aliphatic carbocycles. The topological polar surface area (TPSA) is 116 Å². The Morgan fingerprint density at radius 1 is 1.24 bits per heavy atom. The molecule has 1 amide bonds. The number of nitriles is 1. The van der Waals surface area contributed by atoms with E-state index in [0.29, 0.717) is 31.4 Å². The predicted molar refractivity (Wildman–Crippen MR) is 124 cm³/mol. The number of rotatable bonds is 2. The van der Waals surface area contributed by atoms with E-state index in [1.54, 1.807) is 17.2 Å². The summed E-state index contributed by atoms with van der Waals surface area (Å²) in [6.45, 7) is 6.32. The predicted octanol–water partition coefficient (Wildman–Crippen LogP) is 2.78. The fraction of sp³-hybridized carbons (Fsp3) is 0.462. The maximum absolute atomic E-state index is 14.3. The van der Waals surface area contributed by atoms with E-state index in [-0.39, 0.29) is 23.7 Å². The summed E-state index contributed by atoms with van der Waals surface area (Å²) in [5.74, 6) is 0.113. The van der Waals surface area contributed by atoms with Crippen LogP contribution in [0.1, 0.15) is 54.6 Å². The van der Waals surface area contributed by atoms with Crippen LogP contribution in [0.4, 0.5) is 0 Å². The minimum absolute atomic E-state index is 0.0245. The number of hydrogen-bond acceptors (Lipinski definition) is 6. The van der Waals surface area contributed by atoms with Gasteiger partial charge in [0.15, 0.2) is 11.5 Å². The van der Waals surface area contributed by atoms with Gasteiger partial charge >= 0.3 is 0 Å². The van der Waals surface area contributed by atoms with Crippen molar-refractivity contribution < 1.29 is 9.90 Å². The molecule has 7 nitrogen and oxygen atoms in total. The number of amides is 1. The first-order valence-electron chi connectivity index (χ1n) is 11.5. The molecule has 5 rings (SSSR count). The summed E-state index contributed by atoms with van der Waals surface area (Å²) in [5, 5.41) is 20.3. The van der Waals surface area contributed by atoms with Gasteiger partial charge in [0, 0.05) is 17.3 Å². The number of guanidine groups is 1. The van der Waals surface area contributed by atoms with Crippen LogP contribution in [-0.2, 0) is 23.3 Å². The van der Waals surface area contributed by atoms with Crippen molar-refractivity contribution in [3.63, 3.8) is 0 Å². The summed E-state index contributed by atoms with van der Waals surface area (Å²) < 4.78 is 0. The molecule has 1 saturated carbocycles.